The number of Topliss-reactive ketones (excluding diaryl/α,β-unsaturated/α-hetero) is 1. The summed E-state index contributed by atoms with van der Waals surface area (Å²) in [5.41, 5.74) is 5.70. The van der Waals surface area contributed by atoms with Crippen molar-refractivity contribution < 1.29 is 18.5 Å². The van der Waals surface area contributed by atoms with E-state index >= 15 is 0 Å². The molecule has 6 heteroatoms. The van der Waals surface area contributed by atoms with Crippen molar-refractivity contribution in [1.82, 2.24) is 0 Å². The Bertz CT molecular complexity index is 1120. The van der Waals surface area contributed by atoms with E-state index in [1.54, 1.807) is 13.8 Å². The fraction of sp³-hybridized carbons (Fsp3) is 0.560. The zero-order valence-corrected chi connectivity index (χ0v) is 19.7. The van der Waals surface area contributed by atoms with Crippen molar-refractivity contribution >= 4 is 15.5 Å². The van der Waals surface area contributed by atoms with E-state index in [-0.39, 0.29) is 23.0 Å². The Kier molecular flexibility index (Phi) is 5.67. The molecule has 1 saturated carbocycles. The van der Waals surface area contributed by atoms with Gasteiger partial charge in [-0.05, 0) is 92.5 Å². The summed E-state index contributed by atoms with van der Waals surface area (Å²) >= 11 is 0. The summed E-state index contributed by atoms with van der Waals surface area (Å²) in [5, 5.41) is 10.1. The van der Waals surface area contributed by atoms with Crippen LogP contribution in [0.4, 0.5) is 0 Å². The van der Waals surface area contributed by atoms with Gasteiger partial charge in [-0.1, -0.05) is 13.0 Å². The van der Waals surface area contributed by atoms with Crippen LogP contribution < -0.4 is 0 Å². The molecule has 5 nitrogen and oxygen atoms in total. The first-order valence-electron chi connectivity index (χ1n) is 11.2. The minimum atomic E-state index is -3.41. The van der Waals surface area contributed by atoms with E-state index in [2.05, 4.69) is 19.9 Å². The van der Waals surface area contributed by atoms with Crippen molar-refractivity contribution in [2.24, 2.45) is 5.92 Å². The van der Waals surface area contributed by atoms with Gasteiger partial charge in [0.05, 0.1) is 17.6 Å². The van der Waals surface area contributed by atoms with Crippen LogP contribution in [0.3, 0.4) is 0 Å². The van der Waals surface area contributed by atoms with Crippen molar-refractivity contribution in [1.29, 1.82) is 4.78 Å². The number of furan rings is 1. The maximum atomic E-state index is 13.1. The number of aryl methyl sites for hydroxylation is 1. The largest absolute Gasteiger partial charge is 0.454 e. The normalized spacial score (nSPS) is 19.1. The van der Waals surface area contributed by atoms with Crippen LogP contribution >= 0.6 is 0 Å². The third-order valence-corrected chi connectivity index (χ3v) is 8.54. The molecule has 2 aliphatic carbocycles. The highest BCUT2D eigenvalue weighted by Crippen LogP contribution is 2.45. The van der Waals surface area contributed by atoms with Gasteiger partial charge in [-0.3, -0.25) is 4.79 Å². The summed E-state index contributed by atoms with van der Waals surface area (Å²) in [6.07, 6.45) is 7.19. The molecule has 2 aliphatic rings. The first kappa shape index (κ1) is 22.3. The fourth-order valence-electron chi connectivity index (χ4n) is 4.92. The van der Waals surface area contributed by atoms with Gasteiger partial charge >= 0.3 is 0 Å². The standard InChI is InChI=1S/C25H33NO4S/c1-15-10-22(16(2)17-8-9-17)23(21-7-5-6-20(15)21)12-19(27)14-31(26,29)24-11-18(13-30-24)25(3,4)28/h10-11,13,16-17,26,28H,5-9,12,14H2,1-4H3/t16-,31+/m1/s1. The maximum absolute atomic E-state index is 13.1. The number of aliphatic hydroxyl groups is 1. The Hall–Kier alpha value is -1.92. The first-order chi connectivity index (χ1) is 14.5. The van der Waals surface area contributed by atoms with Gasteiger partial charge in [0.25, 0.3) is 0 Å². The quantitative estimate of drug-likeness (QED) is 0.598. The smallest absolute Gasteiger partial charge is 0.199 e. The van der Waals surface area contributed by atoms with Crippen molar-refractivity contribution in [3.05, 3.63) is 51.8 Å². The molecule has 0 saturated heterocycles. The Balaban J connectivity index is 1.60. The van der Waals surface area contributed by atoms with Crippen molar-refractivity contribution in [2.45, 2.75) is 82.8 Å². The molecule has 0 unspecified atom stereocenters. The minimum absolute atomic E-state index is 0.0429. The molecule has 1 aromatic heterocycles. The van der Waals surface area contributed by atoms with Crippen LogP contribution in [0.5, 0.6) is 0 Å². The van der Waals surface area contributed by atoms with Gasteiger partial charge in [-0.25, -0.2) is 8.99 Å². The molecular weight excluding hydrogens is 410 g/mol. The number of carbonyl (C=O) groups is 1. The second kappa shape index (κ2) is 7.89. The Morgan fingerprint density at radius 1 is 1.29 bits per heavy atom. The zero-order chi connectivity index (χ0) is 22.6. The highest BCUT2D eigenvalue weighted by Gasteiger charge is 2.33. The highest BCUT2D eigenvalue weighted by atomic mass is 32.2. The average Bonchev–Trinajstić information content (AvgIpc) is 3.17. The van der Waals surface area contributed by atoms with E-state index in [0.29, 0.717) is 17.4 Å². The van der Waals surface area contributed by atoms with E-state index in [1.807, 2.05) is 0 Å². The SMILES string of the molecule is Cc1cc([C@H](C)C2CC2)c(CC(=O)C[S@](=N)(=O)c2cc(C(C)(C)O)co2)c2c1CCC2. The van der Waals surface area contributed by atoms with Crippen molar-refractivity contribution in [2.75, 3.05) is 5.75 Å². The van der Waals surface area contributed by atoms with Gasteiger partial charge in [0.2, 0.25) is 0 Å². The molecule has 168 valence electrons. The molecule has 0 amide bonds. The summed E-state index contributed by atoms with van der Waals surface area (Å²) in [5.74, 6) is 0.554. The number of hydrogen-bond donors (Lipinski definition) is 2. The van der Waals surface area contributed by atoms with Crippen molar-refractivity contribution in [3.63, 3.8) is 0 Å². The summed E-state index contributed by atoms with van der Waals surface area (Å²) in [6, 6.07) is 3.71. The molecule has 2 atom stereocenters. The number of ketones is 1. The van der Waals surface area contributed by atoms with Crippen molar-refractivity contribution in [3.8, 4) is 0 Å². The number of benzene rings is 1. The van der Waals surface area contributed by atoms with E-state index < -0.39 is 15.3 Å². The molecule has 31 heavy (non-hydrogen) atoms. The highest BCUT2D eigenvalue weighted by molar-refractivity contribution is 7.93. The lowest BCUT2D eigenvalue weighted by molar-refractivity contribution is -0.116. The molecule has 0 aliphatic heterocycles. The number of nitrogens with one attached hydrogen (secondary N) is 1. The third-order valence-electron chi connectivity index (χ3n) is 6.94. The van der Waals surface area contributed by atoms with Crippen LogP contribution in [0.15, 0.2) is 27.9 Å². The minimum Gasteiger partial charge on any atom is -0.454 e. The monoisotopic (exact) mass is 443 g/mol. The zero-order valence-electron chi connectivity index (χ0n) is 18.9. The number of hydrogen-bond acceptors (Lipinski definition) is 5. The average molecular weight is 444 g/mol. The van der Waals surface area contributed by atoms with Gasteiger partial charge in [0, 0.05) is 18.1 Å². The third kappa shape index (κ3) is 4.51. The predicted octanol–water partition coefficient (Wildman–Crippen LogP) is 5.04. The van der Waals surface area contributed by atoms with Crippen LogP contribution in [0, 0.1) is 17.6 Å². The first-order valence-corrected chi connectivity index (χ1v) is 12.9. The summed E-state index contributed by atoms with van der Waals surface area (Å²) in [4.78, 5) is 13.1. The second-order valence-corrected chi connectivity index (χ2v) is 12.0. The van der Waals surface area contributed by atoms with Gasteiger partial charge in [-0.15, -0.1) is 0 Å². The molecule has 1 aromatic carbocycles. The Labute approximate surface area is 185 Å². The lowest BCUT2D eigenvalue weighted by atomic mass is 9.84. The Morgan fingerprint density at radius 2 is 1.97 bits per heavy atom. The summed E-state index contributed by atoms with van der Waals surface area (Å²) in [7, 11) is -3.41. The van der Waals surface area contributed by atoms with Gasteiger partial charge < -0.3 is 9.52 Å². The lowest BCUT2D eigenvalue weighted by Gasteiger charge is -2.21. The van der Waals surface area contributed by atoms with Crippen LogP contribution in [-0.2, 0) is 39.4 Å². The summed E-state index contributed by atoms with van der Waals surface area (Å²) in [6.45, 7) is 7.63. The molecule has 1 heterocycles. The van der Waals surface area contributed by atoms with E-state index in [4.69, 9.17) is 9.20 Å². The topological polar surface area (TPSA) is 91.4 Å². The van der Waals surface area contributed by atoms with Crippen LogP contribution in [-0.4, -0.2) is 20.9 Å². The molecule has 4 rings (SSSR count). The van der Waals surface area contributed by atoms with Gasteiger partial charge in [0.1, 0.15) is 9.73 Å². The molecule has 2 aromatic rings. The van der Waals surface area contributed by atoms with Crippen LogP contribution in [0.1, 0.15) is 79.3 Å². The molecule has 0 radical (unpaired) electrons. The maximum Gasteiger partial charge on any atom is 0.199 e. The van der Waals surface area contributed by atoms with Gasteiger partial charge in [0.15, 0.2) is 10.9 Å². The second-order valence-electron chi connectivity index (χ2n) is 9.95. The van der Waals surface area contributed by atoms with E-state index in [0.717, 1.165) is 24.8 Å². The Morgan fingerprint density at radius 3 is 2.58 bits per heavy atom. The predicted molar refractivity (Wildman–Crippen MR) is 121 cm³/mol. The van der Waals surface area contributed by atoms with E-state index in [9.17, 15) is 14.1 Å². The molecule has 0 bridgehead atoms. The lowest BCUT2D eigenvalue weighted by Crippen LogP contribution is -2.19. The van der Waals surface area contributed by atoms with Crippen LogP contribution in [0.2, 0.25) is 0 Å². The van der Waals surface area contributed by atoms with Gasteiger partial charge in [-0.2, -0.15) is 0 Å². The van der Waals surface area contributed by atoms with Crippen LogP contribution in [0.25, 0.3) is 0 Å². The summed E-state index contributed by atoms with van der Waals surface area (Å²) < 4.78 is 26.7. The fourth-order valence-corrected chi connectivity index (χ4v) is 6.13. The molecule has 0 spiro atoms. The number of carbonyl (C=O) groups excluding carboxylic acids is 1. The van der Waals surface area contributed by atoms with E-state index in [1.165, 1.54) is 47.4 Å². The molecule has 1 fully saturated rings. The number of rotatable bonds is 8. The molecular formula is C25H33NO4S. The molecule has 2 N–H and O–H groups in total. The number of fused-ring (bicyclic) bond motifs is 1.